The number of ether oxygens (including phenoxy) is 1. The summed E-state index contributed by atoms with van der Waals surface area (Å²) >= 11 is 0. The fourth-order valence-corrected chi connectivity index (χ4v) is 2.16. The minimum Gasteiger partial charge on any atom is -0.493 e. The lowest BCUT2D eigenvalue weighted by molar-refractivity contribution is 0.314. The molecule has 1 aliphatic rings. The van der Waals surface area contributed by atoms with Crippen molar-refractivity contribution >= 4 is 0 Å². The van der Waals surface area contributed by atoms with Gasteiger partial charge >= 0.3 is 0 Å². The highest BCUT2D eigenvalue weighted by molar-refractivity contribution is 5.36. The van der Waals surface area contributed by atoms with Crippen LogP contribution in [0.3, 0.4) is 0 Å². The molecule has 0 aromatic heterocycles. The molecular formula is C14H21NO. The van der Waals surface area contributed by atoms with Crippen LogP contribution in [0.2, 0.25) is 0 Å². The summed E-state index contributed by atoms with van der Waals surface area (Å²) in [6.45, 7) is 5.31. The average Bonchev–Trinajstić information content (AvgIpc) is 2.52. The van der Waals surface area contributed by atoms with Gasteiger partial charge in [0.25, 0.3) is 0 Å². The van der Waals surface area contributed by atoms with Gasteiger partial charge in [-0.15, -0.1) is 0 Å². The molecule has 0 amide bonds. The monoisotopic (exact) mass is 219 g/mol. The van der Waals surface area contributed by atoms with Crippen molar-refractivity contribution in [3.8, 4) is 5.75 Å². The van der Waals surface area contributed by atoms with E-state index in [2.05, 4.69) is 37.4 Å². The molecule has 1 N–H and O–H groups in total. The predicted octanol–water partition coefficient (Wildman–Crippen LogP) is 3.29. The number of para-hydroxylation sites is 1. The van der Waals surface area contributed by atoms with Gasteiger partial charge in [-0.1, -0.05) is 25.1 Å². The molecule has 0 spiro atoms. The Morgan fingerprint density at radius 2 is 2.25 bits per heavy atom. The standard InChI is InChI=1S/C14H21NO/c1-3-11(2)15-13-8-6-10-16-14-9-5-4-7-12(13)14/h4-5,7,9,11,13,15H,3,6,8,10H2,1-2H3. The Morgan fingerprint density at radius 3 is 3.06 bits per heavy atom. The van der Waals surface area contributed by atoms with E-state index in [1.165, 1.54) is 18.4 Å². The number of nitrogens with one attached hydrogen (secondary N) is 1. The fraction of sp³-hybridized carbons (Fsp3) is 0.571. The third-order valence-electron chi connectivity index (χ3n) is 3.29. The van der Waals surface area contributed by atoms with Gasteiger partial charge in [0.2, 0.25) is 0 Å². The van der Waals surface area contributed by atoms with Crippen LogP contribution in [0.4, 0.5) is 0 Å². The van der Waals surface area contributed by atoms with E-state index in [1.54, 1.807) is 0 Å². The lowest BCUT2D eigenvalue weighted by Crippen LogP contribution is -2.29. The van der Waals surface area contributed by atoms with E-state index in [9.17, 15) is 0 Å². The van der Waals surface area contributed by atoms with E-state index in [0.717, 1.165) is 18.8 Å². The maximum absolute atomic E-state index is 5.75. The van der Waals surface area contributed by atoms with Gasteiger partial charge in [-0.2, -0.15) is 0 Å². The number of rotatable bonds is 3. The summed E-state index contributed by atoms with van der Waals surface area (Å²) < 4.78 is 5.75. The fourth-order valence-electron chi connectivity index (χ4n) is 2.16. The summed E-state index contributed by atoms with van der Waals surface area (Å²) in [6, 6.07) is 9.42. The van der Waals surface area contributed by atoms with Crippen molar-refractivity contribution in [3.63, 3.8) is 0 Å². The molecule has 1 aromatic carbocycles. The molecule has 2 atom stereocenters. The average molecular weight is 219 g/mol. The van der Waals surface area contributed by atoms with Crippen molar-refractivity contribution in [2.24, 2.45) is 0 Å². The SMILES string of the molecule is CCC(C)NC1CCCOc2ccccc21. The van der Waals surface area contributed by atoms with Gasteiger partial charge in [0.05, 0.1) is 6.61 Å². The Hall–Kier alpha value is -1.02. The zero-order valence-electron chi connectivity index (χ0n) is 10.2. The smallest absolute Gasteiger partial charge is 0.124 e. The molecule has 0 saturated carbocycles. The molecule has 88 valence electrons. The van der Waals surface area contributed by atoms with Crippen LogP contribution in [-0.4, -0.2) is 12.6 Å². The third kappa shape index (κ3) is 2.56. The molecule has 1 aromatic rings. The first kappa shape index (κ1) is 11.5. The van der Waals surface area contributed by atoms with E-state index in [0.29, 0.717) is 12.1 Å². The van der Waals surface area contributed by atoms with Gasteiger partial charge in [-0.3, -0.25) is 0 Å². The summed E-state index contributed by atoms with van der Waals surface area (Å²) in [7, 11) is 0. The van der Waals surface area contributed by atoms with Crippen LogP contribution in [0.15, 0.2) is 24.3 Å². The highest BCUT2D eigenvalue weighted by Crippen LogP contribution is 2.31. The normalized spacial score (nSPS) is 21.8. The van der Waals surface area contributed by atoms with Crippen LogP contribution in [0.25, 0.3) is 0 Å². The molecule has 1 heterocycles. The first-order valence-corrected chi connectivity index (χ1v) is 6.29. The van der Waals surface area contributed by atoms with Gasteiger partial charge in [-0.05, 0) is 32.3 Å². The van der Waals surface area contributed by atoms with Crippen molar-refractivity contribution in [2.45, 2.75) is 45.2 Å². The number of fused-ring (bicyclic) bond motifs is 1. The van der Waals surface area contributed by atoms with Crippen molar-refractivity contribution < 1.29 is 4.74 Å². The lowest BCUT2D eigenvalue weighted by atomic mass is 10.0. The van der Waals surface area contributed by atoms with Crippen molar-refractivity contribution in [3.05, 3.63) is 29.8 Å². The second-order valence-electron chi connectivity index (χ2n) is 4.56. The van der Waals surface area contributed by atoms with Crippen LogP contribution < -0.4 is 10.1 Å². The lowest BCUT2D eigenvalue weighted by Gasteiger charge is -2.22. The Kier molecular flexibility index (Phi) is 3.83. The zero-order valence-corrected chi connectivity index (χ0v) is 10.2. The van der Waals surface area contributed by atoms with Crippen LogP contribution in [-0.2, 0) is 0 Å². The van der Waals surface area contributed by atoms with Gasteiger partial charge in [0.15, 0.2) is 0 Å². The summed E-state index contributed by atoms with van der Waals surface area (Å²) in [6.07, 6.45) is 3.46. The predicted molar refractivity (Wildman–Crippen MR) is 66.8 cm³/mol. The van der Waals surface area contributed by atoms with E-state index in [1.807, 2.05) is 6.07 Å². The van der Waals surface area contributed by atoms with Crippen molar-refractivity contribution in [2.75, 3.05) is 6.61 Å². The topological polar surface area (TPSA) is 21.3 Å². The zero-order chi connectivity index (χ0) is 11.4. The van der Waals surface area contributed by atoms with Crippen LogP contribution in [0.5, 0.6) is 5.75 Å². The highest BCUT2D eigenvalue weighted by Gasteiger charge is 2.19. The van der Waals surface area contributed by atoms with Gasteiger partial charge in [0, 0.05) is 17.6 Å². The van der Waals surface area contributed by atoms with E-state index in [4.69, 9.17) is 4.74 Å². The van der Waals surface area contributed by atoms with E-state index >= 15 is 0 Å². The molecule has 0 aliphatic carbocycles. The molecule has 0 fully saturated rings. The Bertz CT molecular complexity index is 337. The van der Waals surface area contributed by atoms with Crippen LogP contribution >= 0.6 is 0 Å². The molecule has 0 bridgehead atoms. The molecule has 2 rings (SSSR count). The molecule has 16 heavy (non-hydrogen) atoms. The number of hydrogen-bond donors (Lipinski definition) is 1. The number of benzene rings is 1. The molecule has 2 nitrogen and oxygen atoms in total. The minimum atomic E-state index is 0.452. The molecule has 2 heteroatoms. The Labute approximate surface area is 98.0 Å². The maximum atomic E-state index is 5.75. The summed E-state index contributed by atoms with van der Waals surface area (Å²) in [5.74, 6) is 1.06. The molecule has 2 unspecified atom stereocenters. The van der Waals surface area contributed by atoms with Crippen LogP contribution in [0.1, 0.15) is 44.7 Å². The largest absolute Gasteiger partial charge is 0.493 e. The van der Waals surface area contributed by atoms with Crippen LogP contribution in [0, 0.1) is 0 Å². The first-order chi connectivity index (χ1) is 7.81. The summed E-state index contributed by atoms with van der Waals surface area (Å²) in [4.78, 5) is 0. The maximum Gasteiger partial charge on any atom is 0.124 e. The highest BCUT2D eigenvalue weighted by atomic mass is 16.5. The first-order valence-electron chi connectivity index (χ1n) is 6.29. The molecule has 0 saturated heterocycles. The van der Waals surface area contributed by atoms with Gasteiger partial charge in [-0.25, -0.2) is 0 Å². The van der Waals surface area contributed by atoms with E-state index < -0.39 is 0 Å². The van der Waals surface area contributed by atoms with E-state index in [-0.39, 0.29) is 0 Å². The molecule has 0 radical (unpaired) electrons. The minimum absolute atomic E-state index is 0.452. The van der Waals surface area contributed by atoms with Gasteiger partial charge in [0.1, 0.15) is 5.75 Å². The Morgan fingerprint density at radius 1 is 1.44 bits per heavy atom. The molecular weight excluding hydrogens is 198 g/mol. The number of hydrogen-bond acceptors (Lipinski definition) is 2. The Balaban J connectivity index is 2.19. The summed E-state index contributed by atoms with van der Waals surface area (Å²) in [5, 5.41) is 3.68. The quantitative estimate of drug-likeness (QED) is 0.842. The third-order valence-corrected chi connectivity index (χ3v) is 3.29. The molecule has 1 aliphatic heterocycles. The van der Waals surface area contributed by atoms with Crippen molar-refractivity contribution in [1.29, 1.82) is 0 Å². The summed E-state index contributed by atoms with van der Waals surface area (Å²) in [5.41, 5.74) is 1.32. The van der Waals surface area contributed by atoms with Crippen molar-refractivity contribution in [1.82, 2.24) is 5.32 Å². The van der Waals surface area contributed by atoms with Gasteiger partial charge < -0.3 is 10.1 Å². The second kappa shape index (κ2) is 5.35. The second-order valence-corrected chi connectivity index (χ2v) is 4.56.